The maximum absolute atomic E-state index is 5.93. The Hall–Kier alpha value is -0.0400. The molecule has 1 saturated carbocycles. The van der Waals surface area contributed by atoms with Gasteiger partial charge in [-0.3, -0.25) is 0 Å². The largest absolute Gasteiger partial charge is 0.327 e. The molecule has 0 aromatic heterocycles. The monoisotopic (exact) mass is 141 g/mol. The lowest BCUT2D eigenvalue weighted by Gasteiger charge is -2.36. The molecule has 1 heteroatoms. The van der Waals surface area contributed by atoms with Crippen LogP contribution in [0.15, 0.2) is 0 Å². The van der Waals surface area contributed by atoms with E-state index in [2.05, 4.69) is 20.8 Å². The fraction of sp³-hybridized carbons (Fsp3) is 1.00. The molecule has 4 atom stereocenters. The zero-order valence-electron chi connectivity index (χ0n) is 7.30. The van der Waals surface area contributed by atoms with Crippen molar-refractivity contribution in [2.75, 3.05) is 0 Å². The summed E-state index contributed by atoms with van der Waals surface area (Å²) in [5.74, 6) is 2.43. The lowest BCUT2D eigenvalue weighted by molar-refractivity contribution is 0.171. The zero-order valence-corrected chi connectivity index (χ0v) is 7.30. The predicted molar refractivity (Wildman–Crippen MR) is 44.7 cm³/mol. The molecular weight excluding hydrogens is 122 g/mol. The van der Waals surface area contributed by atoms with Gasteiger partial charge in [0.15, 0.2) is 0 Å². The van der Waals surface area contributed by atoms with Gasteiger partial charge in [-0.25, -0.2) is 0 Å². The topological polar surface area (TPSA) is 26.0 Å². The average Bonchev–Trinajstić information content (AvgIpc) is 1.93. The smallest absolute Gasteiger partial charge is 0.00672 e. The van der Waals surface area contributed by atoms with Crippen LogP contribution in [-0.2, 0) is 0 Å². The Morgan fingerprint density at radius 2 is 1.60 bits per heavy atom. The van der Waals surface area contributed by atoms with Gasteiger partial charge in [-0.1, -0.05) is 20.8 Å². The Morgan fingerprint density at radius 1 is 1.00 bits per heavy atom. The van der Waals surface area contributed by atoms with E-state index >= 15 is 0 Å². The number of rotatable bonds is 0. The van der Waals surface area contributed by atoms with E-state index < -0.39 is 0 Å². The normalized spacial score (nSPS) is 49.2. The van der Waals surface area contributed by atoms with Gasteiger partial charge in [0, 0.05) is 6.04 Å². The van der Waals surface area contributed by atoms with Gasteiger partial charge in [0.05, 0.1) is 0 Å². The Morgan fingerprint density at radius 3 is 2.10 bits per heavy atom. The van der Waals surface area contributed by atoms with Crippen LogP contribution >= 0.6 is 0 Å². The minimum Gasteiger partial charge on any atom is -0.327 e. The van der Waals surface area contributed by atoms with Crippen LogP contribution in [0.25, 0.3) is 0 Å². The molecule has 0 aliphatic heterocycles. The van der Waals surface area contributed by atoms with Gasteiger partial charge < -0.3 is 5.73 Å². The molecule has 0 radical (unpaired) electrons. The van der Waals surface area contributed by atoms with E-state index in [1.54, 1.807) is 0 Å². The number of hydrogen-bond acceptors (Lipinski definition) is 1. The summed E-state index contributed by atoms with van der Waals surface area (Å²) < 4.78 is 0. The third-order valence-corrected chi connectivity index (χ3v) is 3.36. The highest BCUT2D eigenvalue weighted by atomic mass is 14.7. The van der Waals surface area contributed by atoms with E-state index in [0.717, 1.165) is 17.8 Å². The molecule has 60 valence electrons. The van der Waals surface area contributed by atoms with Crippen molar-refractivity contribution in [2.24, 2.45) is 23.5 Å². The van der Waals surface area contributed by atoms with Crippen molar-refractivity contribution in [3.05, 3.63) is 0 Å². The van der Waals surface area contributed by atoms with Crippen molar-refractivity contribution in [2.45, 2.75) is 39.7 Å². The van der Waals surface area contributed by atoms with E-state index in [1.807, 2.05) is 0 Å². The molecule has 0 heterocycles. The third kappa shape index (κ3) is 1.34. The van der Waals surface area contributed by atoms with E-state index in [9.17, 15) is 0 Å². The molecule has 0 spiro atoms. The molecule has 4 unspecified atom stereocenters. The Labute approximate surface area is 64.0 Å². The highest BCUT2D eigenvalue weighted by Crippen LogP contribution is 2.32. The quantitative estimate of drug-likeness (QED) is 0.548. The molecule has 2 N–H and O–H groups in total. The van der Waals surface area contributed by atoms with Crippen molar-refractivity contribution in [1.82, 2.24) is 0 Å². The van der Waals surface area contributed by atoms with Gasteiger partial charge in [0.1, 0.15) is 0 Å². The van der Waals surface area contributed by atoms with Crippen LogP contribution in [0.5, 0.6) is 0 Å². The molecule has 1 fully saturated rings. The van der Waals surface area contributed by atoms with Gasteiger partial charge in [-0.2, -0.15) is 0 Å². The minimum absolute atomic E-state index is 0.464. The lowest BCUT2D eigenvalue weighted by Crippen LogP contribution is -2.39. The van der Waals surface area contributed by atoms with Crippen LogP contribution in [0.2, 0.25) is 0 Å². The summed E-state index contributed by atoms with van der Waals surface area (Å²) in [4.78, 5) is 0. The first-order chi connectivity index (χ1) is 4.63. The molecule has 1 nitrogen and oxygen atoms in total. The highest BCUT2D eigenvalue weighted by molar-refractivity contribution is 4.82. The predicted octanol–water partition coefficient (Wildman–Crippen LogP) is 2.02. The van der Waals surface area contributed by atoms with Crippen LogP contribution in [0.4, 0.5) is 0 Å². The molecule has 0 aromatic rings. The first kappa shape index (κ1) is 8.06. The fourth-order valence-electron chi connectivity index (χ4n) is 1.89. The Bertz CT molecular complexity index is 97.3. The van der Waals surface area contributed by atoms with Crippen molar-refractivity contribution in [1.29, 1.82) is 0 Å². The second kappa shape index (κ2) is 2.91. The van der Waals surface area contributed by atoms with E-state index in [1.165, 1.54) is 12.8 Å². The minimum atomic E-state index is 0.464. The van der Waals surface area contributed by atoms with Crippen molar-refractivity contribution in [3.63, 3.8) is 0 Å². The molecule has 1 aliphatic carbocycles. The SMILES string of the molecule is CC1CCC(N)C(C)C1C. The average molecular weight is 141 g/mol. The molecule has 1 rings (SSSR count). The van der Waals surface area contributed by atoms with Crippen LogP contribution in [0, 0.1) is 17.8 Å². The maximum atomic E-state index is 5.93. The van der Waals surface area contributed by atoms with Crippen LogP contribution in [0.1, 0.15) is 33.6 Å². The van der Waals surface area contributed by atoms with Gasteiger partial charge in [0.2, 0.25) is 0 Å². The number of hydrogen-bond donors (Lipinski definition) is 1. The summed E-state index contributed by atoms with van der Waals surface area (Å²) in [5, 5.41) is 0. The molecule has 10 heavy (non-hydrogen) atoms. The Balaban J connectivity index is 2.52. The summed E-state index contributed by atoms with van der Waals surface area (Å²) in [6.07, 6.45) is 2.55. The van der Waals surface area contributed by atoms with Crippen LogP contribution < -0.4 is 5.73 Å². The van der Waals surface area contributed by atoms with E-state index in [0.29, 0.717) is 6.04 Å². The van der Waals surface area contributed by atoms with Crippen molar-refractivity contribution in [3.8, 4) is 0 Å². The van der Waals surface area contributed by atoms with Gasteiger partial charge in [-0.15, -0.1) is 0 Å². The summed E-state index contributed by atoms with van der Waals surface area (Å²) in [6.45, 7) is 6.95. The maximum Gasteiger partial charge on any atom is 0.00672 e. The van der Waals surface area contributed by atoms with Gasteiger partial charge in [-0.05, 0) is 30.6 Å². The lowest BCUT2D eigenvalue weighted by atomic mass is 9.72. The third-order valence-electron chi connectivity index (χ3n) is 3.36. The molecule has 0 bridgehead atoms. The summed E-state index contributed by atoms with van der Waals surface area (Å²) >= 11 is 0. The molecular formula is C9H19N. The summed E-state index contributed by atoms with van der Waals surface area (Å²) in [6, 6.07) is 0.464. The zero-order chi connectivity index (χ0) is 7.72. The van der Waals surface area contributed by atoms with Crippen LogP contribution in [0.3, 0.4) is 0 Å². The highest BCUT2D eigenvalue weighted by Gasteiger charge is 2.28. The van der Waals surface area contributed by atoms with Crippen molar-refractivity contribution < 1.29 is 0 Å². The fourth-order valence-corrected chi connectivity index (χ4v) is 1.89. The van der Waals surface area contributed by atoms with Crippen molar-refractivity contribution >= 4 is 0 Å². The second-order valence-corrected chi connectivity index (χ2v) is 3.94. The molecule has 0 amide bonds. The molecule has 0 saturated heterocycles. The Kier molecular flexibility index (Phi) is 2.35. The molecule has 0 aromatic carbocycles. The molecule has 1 aliphatic rings. The summed E-state index contributed by atoms with van der Waals surface area (Å²) in [5.41, 5.74) is 5.93. The van der Waals surface area contributed by atoms with Gasteiger partial charge in [0.25, 0.3) is 0 Å². The first-order valence-corrected chi connectivity index (χ1v) is 4.38. The van der Waals surface area contributed by atoms with Gasteiger partial charge >= 0.3 is 0 Å². The standard InChI is InChI=1S/C9H19N/c1-6-4-5-9(10)8(3)7(6)2/h6-9H,4-5,10H2,1-3H3. The summed E-state index contributed by atoms with van der Waals surface area (Å²) in [7, 11) is 0. The van der Waals surface area contributed by atoms with Crippen LogP contribution in [-0.4, -0.2) is 6.04 Å². The first-order valence-electron chi connectivity index (χ1n) is 4.38. The van der Waals surface area contributed by atoms with E-state index in [-0.39, 0.29) is 0 Å². The van der Waals surface area contributed by atoms with E-state index in [4.69, 9.17) is 5.73 Å². The second-order valence-electron chi connectivity index (χ2n) is 3.94. The number of nitrogens with two attached hydrogens (primary N) is 1.